The van der Waals surface area contributed by atoms with Crippen molar-refractivity contribution in [2.45, 2.75) is 39.1 Å². The number of nitrogens with zero attached hydrogens (tertiary/aromatic N) is 4. The number of hydrogen-bond donors (Lipinski definition) is 1. The molecule has 130 valence electrons. The van der Waals surface area contributed by atoms with Gasteiger partial charge in [-0.15, -0.1) is 0 Å². The summed E-state index contributed by atoms with van der Waals surface area (Å²) in [5.74, 6) is 1.62. The Balaban J connectivity index is 1.49. The molecule has 0 radical (unpaired) electrons. The highest BCUT2D eigenvalue weighted by Gasteiger charge is 2.23. The van der Waals surface area contributed by atoms with Crippen molar-refractivity contribution in [1.29, 1.82) is 0 Å². The van der Waals surface area contributed by atoms with Gasteiger partial charge in [-0.2, -0.15) is 4.37 Å². The summed E-state index contributed by atoms with van der Waals surface area (Å²) in [6.45, 7) is 6.55. The lowest BCUT2D eigenvalue weighted by Crippen LogP contribution is -2.31. The highest BCUT2D eigenvalue weighted by molar-refractivity contribution is 7.09. The molecule has 1 aliphatic rings. The lowest BCUT2D eigenvalue weighted by molar-refractivity contribution is 0.0476. The van der Waals surface area contributed by atoms with Gasteiger partial charge >= 0.3 is 0 Å². The number of aromatic nitrogens is 4. The Morgan fingerprint density at radius 3 is 3.04 bits per heavy atom. The third-order valence-corrected chi connectivity index (χ3v) is 5.18. The van der Waals surface area contributed by atoms with Gasteiger partial charge in [0.25, 0.3) is 0 Å². The molecule has 3 heterocycles. The molecule has 0 fully saturated rings. The molecule has 2 unspecified atom stereocenters. The Hall–Kier alpha value is -2.09. The molecule has 0 amide bonds. The molecule has 3 aromatic rings. The molecule has 0 saturated carbocycles. The van der Waals surface area contributed by atoms with E-state index in [1.807, 2.05) is 31.3 Å². The Morgan fingerprint density at radius 2 is 2.20 bits per heavy atom. The first-order chi connectivity index (χ1) is 12.2. The lowest BCUT2D eigenvalue weighted by atomic mass is 10.2. The van der Waals surface area contributed by atoms with Crippen molar-refractivity contribution < 1.29 is 4.74 Å². The highest BCUT2D eigenvalue weighted by atomic mass is 32.1. The summed E-state index contributed by atoms with van der Waals surface area (Å²) >= 11 is 1.39. The Morgan fingerprint density at radius 1 is 1.36 bits per heavy atom. The van der Waals surface area contributed by atoms with E-state index in [1.54, 1.807) is 0 Å². The van der Waals surface area contributed by atoms with Crippen molar-refractivity contribution in [1.82, 2.24) is 24.2 Å². The second-order valence-corrected chi connectivity index (χ2v) is 6.98. The molecule has 1 aromatic carbocycles. The predicted molar refractivity (Wildman–Crippen MR) is 97.2 cm³/mol. The highest BCUT2D eigenvalue weighted by Crippen LogP contribution is 2.28. The number of ether oxygens (including phenoxy) is 1. The van der Waals surface area contributed by atoms with Crippen molar-refractivity contribution in [2.75, 3.05) is 6.54 Å². The molecule has 2 atom stereocenters. The van der Waals surface area contributed by atoms with Gasteiger partial charge in [0.15, 0.2) is 16.7 Å². The third-order valence-electron chi connectivity index (χ3n) is 4.46. The fourth-order valence-corrected chi connectivity index (χ4v) is 3.75. The van der Waals surface area contributed by atoms with Crippen LogP contribution in [-0.2, 0) is 17.9 Å². The summed E-state index contributed by atoms with van der Waals surface area (Å²) in [4.78, 5) is 9.25. The predicted octanol–water partition coefficient (Wildman–Crippen LogP) is 3.34. The van der Waals surface area contributed by atoms with Crippen LogP contribution in [0.15, 0.2) is 36.5 Å². The van der Waals surface area contributed by atoms with Gasteiger partial charge in [0.05, 0.1) is 18.5 Å². The van der Waals surface area contributed by atoms with E-state index in [0.717, 1.165) is 35.3 Å². The van der Waals surface area contributed by atoms with E-state index >= 15 is 0 Å². The van der Waals surface area contributed by atoms with E-state index < -0.39 is 0 Å². The summed E-state index contributed by atoms with van der Waals surface area (Å²) < 4.78 is 12.6. The van der Waals surface area contributed by atoms with Gasteiger partial charge in [0.1, 0.15) is 6.10 Å². The monoisotopic (exact) mass is 355 g/mol. The minimum absolute atomic E-state index is 0.151. The molecule has 2 aromatic heterocycles. The molecule has 0 saturated heterocycles. The zero-order chi connectivity index (χ0) is 17.2. The molecule has 0 spiro atoms. The van der Waals surface area contributed by atoms with Crippen LogP contribution in [0.25, 0.3) is 10.8 Å². The normalized spacial score (nSPS) is 18.1. The number of rotatable bonds is 5. The lowest BCUT2D eigenvalue weighted by Gasteiger charge is -2.23. The Labute approximate surface area is 151 Å². The van der Waals surface area contributed by atoms with Gasteiger partial charge < -0.3 is 14.6 Å². The second-order valence-electron chi connectivity index (χ2n) is 6.23. The fourth-order valence-electron chi connectivity index (χ4n) is 3.00. The summed E-state index contributed by atoms with van der Waals surface area (Å²) in [6.07, 6.45) is 1.78. The van der Waals surface area contributed by atoms with Crippen LogP contribution < -0.4 is 5.32 Å². The summed E-state index contributed by atoms with van der Waals surface area (Å²) in [5, 5.41) is 4.30. The van der Waals surface area contributed by atoms with E-state index in [-0.39, 0.29) is 6.10 Å². The van der Waals surface area contributed by atoms with Crippen molar-refractivity contribution >= 4 is 11.5 Å². The third kappa shape index (κ3) is 3.35. The quantitative estimate of drug-likeness (QED) is 0.760. The number of nitrogens with one attached hydrogen (secondary N) is 1. The average molecular weight is 355 g/mol. The molecule has 1 aliphatic heterocycles. The first kappa shape index (κ1) is 16.4. The van der Waals surface area contributed by atoms with E-state index in [1.165, 1.54) is 17.2 Å². The zero-order valence-corrected chi connectivity index (χ0v) is 15.2. The van der Waals surface area contributed by atoms with Crippen LogP contribution in [0.2, 0.25) is 0 Å². The Bertz CT molecular complexity index is 844. The molecular formula is C18H21N5OS. The van der Waals surface area contributed by atoms with Gasteiger partial charge in [-0.05, 0) is 30.9 Å². The molecule has 0 aliphatic carbocycles. The van der Waals surface area contributed by atoms with Gasteiger partial charge in [0.2, 0.25) is 0 Å². The minimum Gasteiger partial charge on any atom is -0.366 e. The fraction of sp³-hybridized carbons (Fsp3) is 0.389. The van der Waals surface area contributed by atoms with Crippen LogP contribution in [0.4, 0.5) is 0 Å². The van der Waals surface area contributed by atoms with E-state index in [9.17, 15) is 0 Å². The molecule has 25 heavy (non-hydrogen) atoms. The topological polar surface area (TPSA) is 64.9 Å². The van der Waals surface area contributed by atoms with E-state index in [4.69, 9.17) is 4.74 Å². The van der Waals surface area contributed by atoms with Crippen LogP contribution in [0.5, 0.6) is 0 Å². The zero-order valence-electron chi connectivity index (χ0n) is 14.3. The first-order valence-electron chi connectivity index (χ1n) is 8.50. The second kappa shape index (κ2) is 7.03. The molecule has 6 nitrogen and oxygen atoms in total. The first-order valence-corrected chi connectivity index (χ1v) is 9.28. The molecule has 1 N–H and O–H groups in total. The maximum atomic E-state index is 5.92. The van der Waals surface area contributed by atoms with Crippen molar-refractivity contribution in [3.8, 4) is 10.8 Å². The van der Waals surface area contributed by atoms with Crippen LogP contribution in [0.3, 0.4) is 0 Å². The van der Waals surface area contributed by atoms with Crippen molar-refractivity contribution in [3.05, 3.63) is 53.6 Å². The standard InChI is InChI=1S/C18H21N5OS/c1-12-15-10-20-17(23(15)9-8-19-12)18-21-16(22-25-18)13(2)24-11-14-6-4-3-5-7-14/h3-7,10,12-13,19H,8-9,11H2,1-2H3. The minimum atomic E-state index is -0.151. The van der Waals surface area contributed by atoms with Crippen LogP contribution >= 0.6 is 11.5 Å². The van der Waals surface area contributed by atoms with Gasteiger partial charge in [-0.3, -0.25) is 0 Å². The van der Waals surface area contributed by atoms with Gasteiger partial charge in [0, 0.05) is 19.1 Å². The van der Waals surface area contributed by atoms with Gasteiger partial charge in [-0.25, -0.2) is 9.97 Å². The van der Waals surface area contributed by atoms with Crippen LogP contribution in [0.1, 0.15) is 43.1 Å². The number of benzene rings is 1. The number of imidazole rings is 1. The summed E-state index contributed by atoms with van der Waals surface area (Å²) in [6, 6.07) is 10.5. The Kier molecular flexibility index (Phi) is 4.61. The maximum Gasteiger partial charge on any atom is 0.179 e. The maximum absolute atomic E-state index is 5.92. The smallest absolute Gasteiger partial charge is 0.179 e. The summed E-state index contributed by atoms with van der Waals surface area (Å²) in [5.41, 5.74) is 2.35. The number of hydrogen-bond acceptors (Lipinski definition) is 6. The molecular weight excluding hydrogens is 334 g/mol. The van der Waals surface area contributed by atoms with Crippen molar-refractivity contribution in [2.24, 2.45) is 0 Å². The summed E-state index contributed by atoms with van der Waals surface area (Å²) in [7, 11) is 0. The van der Waals surface area contributed by atoms with Crippen LogP contribution in [0, 0.1) is 0 Å². The van der Waals surface area contributed by atoms with Crippen LogP contribution in [-0.4, -0.2) is 25.5 Å². The van der Waals surface area contributed by atoms with E-state index in [0.29, 0.717) is 12.6 Å². The molecule has 0 bridgehead atoms. The molecule has 4 rings (SSSR count). The van der Waals surface area contributed by atoms with E-state index in [2.05, 4.69) is 43.3 Å². The molecule has 7 heteroatoms. The SMILES string of the molecule is CC1NCCn2c1cnc2-c1nc(C(C)OCc2ccccc2)ns1. The average Bonchev–Trinajstić information content (AvgIpc) is 3.28. The number of fused-ring (bicyclic) bond motifs is 1. The van der Waals surface area contributed by atoms with Gasteiger partial charge in [-0.1, -0.05) is 30.3 Å². The largest absolute Gasteiger partial charge is 0.366 e. The van der Waals surface area contributed by atoms with Crippen molar-refractivity contribution in [3.63, 3.8) is 0 Å².